The average molecular weight is 683 g/mol. The molecule has 0 amide bonds. The predicted octanol–water partition coefficient (Wildman–Crippen LogP) is 3.98. The molecule has 8 atom stereocenters. The monoisotopic (exact) mass is 681 g/mol. The quantitative estimate of drug-likeness (QED) is 0.195. The molecular weight excluding hydrogens is 626 g/mol. The Morgan fingerprint density at radius 3 is 0.512 bits per heavy atom. The van der Waals surface area contributed by atoms with E-state index in [4.69, 9.17) is 20.3 Å². The summed E-state index contributed by atoms with van der Waals surface area (Å²) in [6.07, 6.45) is 25.6. The van der Waals surface area contributed by atoms with Crippen LogP contribution in [-0.4, -0.2) is 49.3 Å². The van der Waals surface area contributed by atoms with Crippen LogP contribution in [0.4, 0.5) is 0 Å². The molecule has 11 heteroatoms. The van der Waals surface area contributed by atoms with Gasteiger partial charge in [0.05, 0.1) is 49.3 Å². The van der Waals surface area contributed by atoms with E-state index in [1.807, 2.05) is 0 Å². The molecule has 8 nitrogen and oxygen atoms in total. The van der Waals surface area contributed by atoms with Gasteiger partial charge in [-0.25, -0.2) is 0 Å². The molecule has 0 spiro atoms. The molecule has 8 unspecified atom stereocenters. The van der Waals surface area contributed by atoms with E-state index in [2.05, 4.69) is 42.5 Å². The van der Waals surface area contributed by atoms with E-state index < -0.39 is 0 Å². The second-order valence-corrected chi connectivity index (χ2v) is 17.4. The van der Waals surface area contributed by atoms with Gasteiger partial charge in [-0.1, -0.05) is 51.4 Å². The Balaban J connectivity index is 0.000000892. The third-order valence-corrected chi connectivity index (χ3v) is 13.8. The molecule has 9 aliphatic rings. The summed E-state index contributed by atoms with van der Waals surface area (Å²) in [6, 6.07) is 0. The van der Waals surface area contributed by atoms with E-state index >= 15 is 0 Å². The van der Waals surface area contributed by atoms with Crippen molar-refractivity contribution in [1.29, 1.82) is 0 Å². The molecule has 9 fully saturated rings. The van der Waals surface area contributed by atoms with Crippen LogP contribution in [0.15, 0.2) is 0 Å². The van der Waals surface area contributed by atoms with Gasteiger partial charge in [0.2, 0.25) is 0 Å². The van der Waals surface area contributed by atoms with Crippen molar-refractivity contribution >= 4 is 20.3 Å². The first-order valence-corrected chi connectivity index (χ1v) is 21.0. The van der Waals surface area contributed by atoms with E-state index in [0.29, 0.717) is 62.2 Å². The van der Waals surface area contributed by atoms with Crippen LogP contribution < -0.4 is 42.5 Å². The fraction of sp³-hybridized carbons (Fsp3) is 1.00. The van der Waals surface area contributed by atoms with Crippen LogP contribution in [0.5, 0.6) is 0 Å². The van der Waals surface area contributed by atoms with E-state index in [0.717, 1.165) is 47.3 Å². The molecule has 4 aliphatic carbocycles. The van der Waals surface area contributed by atoms with Crippen molar-refractivity contribution in [2.24, 2.45) is 47.3 Å². The van der Waals surface area contributed by atoms with Gasteiger partial charge in [0.25, 0.3) is 0 Å². The van der Waals surface area contributed by atoms with Gasteiger partial charge in [-0.15, -0.1) is 0 Å². The molecular formula is C32H56Cl2CoN8. The Bertz CT molecular complexity index is 743. The summed E-state index contributed by atoms with van der Waals surface area (Å²) in [6.45, 7) is 0. The molecule has 5 saturated heterocycles. The van der Waals surface area contributed by atoms with E-state index in [1.165, 1.54) is 103 Å². The second-order valence-electron chi connectivity index (χ2n) is 15.7. The first-order valence-electron chi connectivity index (χ1n) is 18.1. The summed E-state index contributed by atoms with van der Waals surface area (Å²) < 4.78 is 0. The number of fused-ring (bicyclic) bond motifs is 20. The van der Waals surface area contributed by atoms with Gasteiger partial charge in [0.1, 0.15) is 0 Å². The zero-order chi connectivity index (χ0) is 28.9. The Hall–Kier alpha value is 0.766. The Labute approximate surface area is 274 Å². The first kappa shape index (κ1) is 31.1. The molecule has 8 N–H and O–H groups in total. The molecule has 5 heterocycles. The molecule has 4 saturated carbocycles. The topological polar surface area (TPSA) is 96.2 Å². The molecule has 247 valence electrons. The van der Waals surface area contributed by atoms with E-state index in [9.17, 15) is 0 Å². The van der Waals surface area contributed by atoms with Gasteiger partial charge in [-0.2, -0.15) is 0 Å². The summed E-state index contributed by atoms with van der Waals surface area (Å²) in [4.78, 5) is 0. The van der Waals surface area contributed by atoms with Gasteiger partial charge in [-0.05, 0) is 98.7 Å². The number of rotatable bonds is 0. The van der Waals surface area contributed by atoms with Crippen LogP contribution in [0.1, 0.15) is 103 Å². The van der Waals surface area contributed by atoms with Crippen molar-refractivity contribution in [1.82, 2.24) is 42.5 Å². The summed E-state index contributed by atoms with van der Waals surface area (Å²) in [5, 5.41) is 33.8. The van der Waals surface area contributed by atoms with Gasteiger partial charge in [0, 0.05) is 0 Å². The molecule has 0 aromatic heterocycles. The SMILES string of the molecule is C1CCC2C3NC(NC4NC(NC5NC(NC6NC(N3)C3CCCCC63)C3CCCCC53)C3CCCCC43)C2C1.[Cl][Co][Cl]. The van der Waals surface area contributed by atoms with Crippen LogP contribution in [0.2, 0.25) is 0 Å². The minimum absolute atomic E-state index is 0.382. The Kier molecular flexibility index (Phi) is 9.90. The fourth-order valence-corrected chi connectivity index (χ4v) is 12.0. The normalized spacial score (nSPS) is 54.1. The average Bonchev–Trinajstić information content (AvgIpc) is 3.77. The van der Waals surface area contributed by atoms with Crippen LogP contribution in [0, 0.1) is 47.3 Å². The summed E-state index contributed by atoms with van der Waals surface area (Å²) >= 11 is 0.382. The zero-order valence-electron chi connectivity index (χ0n) is 25.6. The Morgan fingerprint density at radius 2 is 0.395 bits per heavy atom. The zero-order valence-corrected chi connectivity index (χ0v) is 28.2. The molecule has 0 radical (unpaired) electrons. The molecule has 5 aliphatic heterocycles. The van der Waals surface area contributed by atoms with Gasteiger partial charge >= 0.3 is 33.2 Å². The van der Waals surface area contributed by atoms with Crippen molar-refractivity contribution in [3.8, 4) is 0 Å². The van der Waals surface area contributed by atoms with Crippen molar-refractivity contribution in [3.63, 3.8) is 0 Å². The van der Waals surface area contributed by atoms with Crippen molar-refractivity contribution in [2.45, 2.75) is 152 Å². The molecule has 9 rings (SSSR count). The third-order valence-electron chi connectivity index (χ3n) is 13.8. The van der Waals surface area contributed by atoms with Gasteiger partial charge in [-0.3, -0.25) is 42.5 Å². The number of hydrogen-bond donors (Lipinski definition) is 8. The summed E-state index contributed by atoms with van der Waals surface area (Å²) in [5.41, 5.74) is 0. The number of nitrogens with one attached hydrogen (secondary N) is 8. The van der Waals surface area contributed by atoms with E-state index in [-0.39, 0.29) is 0 Å². The maximum absolute atomic E-state index is 4.73. The fourth-order valence-electron chi connectivity index (χ4n) is 12.0. The number of hydrogen-bond acceptors (Lipinski definition) is 8. The third kappa shape index (κ3) is 6.01. The Morgan fingerprint density at radius 1 is 0.279 bits per heavy atom. The van der Waals surface area contributed by atoms with Crippen molar-refractivity contribution in [2.75, 3.05) is 0 Å². The standard InChI is InChI=1S/C32H56N8.2ClH.Co/c1-2-10-18-17(9-1)25-33-26(18)38-28-21-13-5-6-14-22(21)30(35-28)40-32-24-16-8-7-15-23(24)31(36-32)39-29-20-12-4-3-11-19(20)27(34-29)37-25;;;/h17-40H,1-16H2;2*1H;/q;;;+2/p-2. The first-order chi connectivity index (χ1) is 21.2. The second kappa shape index (κ2) is 13.7. The van der Waals surface area contributed by atoms with Crippen LogP contribution in [0.3, 0.4) is 0 Å². The van der Waals surface area contributed by atoms with Crippen molar-refractivity contribution < 1.29 is 12.9 Å². The summed E-state index contributed by atoms with van der Waals surface area (Å²) in [7, 11) is 9.47. The predicted molar refractivity (Wildman–Crippen MR) is 169 cm³/mol. The van der Waals surface area contributed by atoms with Gasteiger partial charge < -0.3 is 0 Å². The number of halogens is 2. The molecule has 8 bridgehead atoms. The summed E-state index contributed by atoms with van der Waals surface area (Å²) in [5.74, 6) is 5.97. The van der Waals surface area contributed by atoms with Crippen LogP contribution in [-0.2, 0) is 12.9 Å². The molecule has 0 aromatic carbocycles. The molecule has 43 heavy (non-hydrogen) atoms. The molecule has 0 aromatic rings. The van der Waals surface area contributed by atoms with E-state index in [1.54, 1.807) is 0 Å². The maximum atomic E-state index is 4.73. The van der Waals surface area contributed by atoms with Crippen LogP contribution >= 0.6 is 20.3 Å². The van der Waals surface area contributed by atoms with Crippen LogP contribution in [0.25, 0.3) is 0 Å². The van der Waals surface area contributed by atoms with Gasteiger partial charge in [0.15, 0.2) is 0 Å². The van der Waals surface area contributed by atoms with Crippen molar-refractivity contribution in [3.05, 3.63) is 0 Å². The minimum atomic E-state index is 0.382.